The minimum atomic E-state index is -0.441. The molecule has 1 amide bonds. The van der Waals surface area contributed by atoms with Crippen molar-refractivity contribution < 1.29 is 14.3 Å². The van der Waals surface area contributed by atoms with Crippen molar-refractivity contribution in [3.8, 4) is 11.4 Å². The number of rotatable bonds is 5. The van der Waals surface area contributed by atoms with Crippen LogP contribution in [0.3, 0.4) is 0 Å². The number of benzene rings is 2. The molecular weight excluding hydrogens is 358 g/mol. The van der Waals surface area contributed by atoms with Gasteiger partial charge in [0.2, 0.25) is 11.7 Å². The number of aromatic nitrogens is 4. The first-order chi connectivity index (χ1) is 12.5. The predicted molar refractivity (Wildman–Crippen MR) is 94.7 cm³/mol. The minimum Gasteiger partial charge on any atom is -0.465 e. The van der Waals surface area contributed by atoms with Gasteiger partial charge in [0.15, 0.2) is 0 Å². The average Bonchev–Trinajstić information content (AvgIpc) is 3.10. The summed E-state index contributed by atoms with van der Waals surface area (Å²) in [6.07, 6.45) is 0. The summed E-state index contributed by atoms with van der Waals surface area (Å²) in [7, 11) is 1.31. The van der Waals surface area contributed by atoms with Crippen LogP contribution in [0.15, 0.2) is 48.5 Å². The average molecular weight is 372 g/mol. The van der Waals surface area contributed by atoms with Crippen LogP contribution >= 0.6 is 11.6 Å². The van der Waals surface area contributed by atoms with E-state index < -0.39 is 5.97 Å². The Morgan fingerprint density at radius 1 is 1.19 bits per heavy atom. The van der Waals surface area contributed by atoms with Gasteiger partial charge in [0.05, 0.1) is 12.7 Å². The molecule has 3 rings (SSSR count). The Hall–Kier alpha value is -3.26. The molecule has 1 heterocycles. The van der Waals surface area contributed by atoms with E-state index in [-0.39, 0.29) is 12.5 Å². The fourth-order valence-corrected chi connectivity index (χ4v) is 2.38. The number of tetrazole rings is 1. The normalized spacial score (nSPS) is 10.4. The molecule has 0 unspecified atom stereocenters. The molecule has 0 saturated carbocycles. The number of anilines is 1. The van der Waals surface area contributed by atoms with Crippen LogP contribution in [0.4, 0.5) is 5.69 Å². The first-order valence-corrected chi connectivity index (χ1v) is 7.95. The van der Waals surface area contributed by atoms with E-state index in [0.29, 0.717) is 27.7 Å². The van der Waals surface area contributed by atoms with E-state index in [0.717, 1.165) is 0 Å². The summed E-state index contributed by atoms with van der Waals surface area (Å²) in [6.45, 7) is -0.105. The molecule has 0 aliphatic carbocycles. The van der Waals surface area contributed by atoms with Crippen molar-refractivity contribution in [3.63, 3.8) is 0 Å². The summed E-state index contributed by atoms with van der Waals surface area (Å²) in [5.74, 6) is -0.392. The fraction of sp³-hybridized carbons (Fsp3) is 0.118. The third-order valence-corrected chi connectivity index (χ3v) is 3.65. The molecule has 0 saturated heterocycles. The molecule has 1 N–H and O–H groups in total. The second-order valence-corrected chi connectivity index (χ2v) is 5.71. The maximum atomic E-state index is 12.1. The van der Waals surface area contributed by atoms with Crippen LogP contribution in [0.1, 0.15) is 10.4 Å². The molecule has 0 aliphatic heterocycles. The lowest BCUT2D eigenvalue weighted by molar-refractivity contribution is -0.117. The SMILES string of the molecule is COC(=O)c1ccc(NC(=O)Cn2nnc(-c3cccc(Cl)c3)n2)cc1. The highest BCUT2D eigenvalue weighted by atomic mass is 35.5. The van der Waals surface area contributed by atoms with Crippen molar-refractivity contribution in [3.05, 3.63) is 59.1 Å². The monoisotopic (exact) mass is 371 g/mol. The number of carbonyl (C=O) groups is 2. The van der Waals surface area contributed by atoms with Crippen LogP contribution in [0, 0.1) is 0 Å². The van der Waals surface area contributed by atoms with E-state index in [1.807, 2.05) is 0 Å². The zero-order valence-corrected chi connectivity index (χ0v) is 14.5. The molecule has 26 heavy (non-hydrogen) atoms. The molecule has 0 aliphatic rings. The summed E-state index contributed by atoms with van der Waals surface area (Å²) in [4.78, 5) is 24.7. The quantitative estimate of drug-likeness (QED) is 0.691. The molecule has 8 nitrogen and oxygen atoms in total. The van der Waals surface area contributed by atoms with E-state index in [1.165, 1.54) is 11.9 Å². The van der Waals surface area contributed by atoms with Crippen LogP contribution in [0.5, 0.6) is 0 Å². The van der Waals surface area contributed by atoms with Crippen molar-refractivity contribution in [2.45, 2.75) is 6.54 Å². The van der Waals surface area contributed by atoms with Gasteiger partial charge >= 0.3 is 5.97 Å². The lowest BCUT2D eigenvalue weighted by Gasteiger charge is -2.05. The molecule has 3 aromatic rings. The van der Waals surface area contributed by atoms with Crippen LogP contribution in [-0.4, -0.2) is 39.2 Å². The van der Waals surface area contributed by atoms with Crippen LogP contribution < -0.4 is 5.32 Å². The van der Waals surface area contributed by atoms with Gasteiger partial charge in [-0.15, -0.1) is 10.2 Å². The molecule has 1 aromatic heterocycles. The smallest absolute Gasteiger partial charge is 0.337 e. The van der Waals surface area contributed by atoms with E-state index in [2.05, 4.69) is 25.5 Å². The van der Waals surface area contributed by atoms with Gasteiger partial charge < -0.3 is 10.1 Å². The molecule has 9 heteroatoms. The number of methoxy groups -OCH3 is 1. The molecule has 2 aromatic carbocycles. The highest BCUT2D eigenvalue weighted by Crippen LogP contribution is 2.18. The largest absolute Gasteiger partial charge is 0.465 e. The van der Waals surface area contributed by atoms with E-state index in [1.54, 1.807) is 48.5 Å². The van der Waals surface area contributed by atoms with Gasteiger partial charge in [-0.25, -0.2) is 4.79 Å². The number of carbonyl (C=O) groups excluding carboxylic acids is 2. The Kier molecular flexibility index (Phi) is 5.23. The van der Waals surface area contributed by atoms with Crippen molar-refractivity contribution in [1.29, 1.82) is 0 Å². The Morgan fingerprint density at radius 3 is 2.65 bits per heavy atom. The zero-order chi connectivity index (χ0) is 18.5. The van der Waals surface area contributed by atoms with Crippen molar-refractivity contribution in [2.75, 3.05) is 12.4 Å². The maximum absolute atomic E-state index is 12.1. The molecule has 0 radical (unpaired) electrons. The summed E-state index contributed by atoms with van der Waals surface area (Å²) in [5.41, 5.74) is 1.65. The number of halogens is 1. The third kappa shape index (κ3) is 4.22. The highest BCUT2D eigenvalue weighted by Gasteiger charge is 2.11. The number of nitrogens with one attached hydrogen (secondary N) is 1. The van der Waals surface area contributed by atoms with Crippen molar-refractivity contribution in [2.24, 2.45) is 0 Å². The molecule has 0 spiro atoms. The number of hydrogen-bond donors (Lipinski definition) is 1. The standard InChI is InChI=1S/C17H14ClN5O3/c1-26-17(25)11-5-7-14(8-6-11)19-15(24)10-23-21-16(20-22-23)12-3-2-4-13(18)9-12/h2-9H,10H2,1H3,(H,19,24). The summed E-state index contributed by atoms with van der Waals surface area (Å²) < 4.78 is 4.62. The van der Waals surface area contributed by atoms with Crippen LogP contribution in [0.2, 0.25) is 5.02 Å². The fourth-order valence-electron chi connectivity index (χ4n) is 2.19. The first kappa shape index (κ1) is 17.6. The highest BCUT2D eigenvalue weighted by molar-refractivity contribution is 6.30. The van der Waals surface area contributed by atoms with E-state index >= 15 is 0 Å². The molecule has 132 valence electrons. The predicted octanol–water partition coefficient (Wildman–Crippen LogP) is 2.42. The van der Waals surface area contributed by atoms with Gasteiger partial charge in [-0.3, -0.25) is 4.79 Å². The Bertz CT molecular complexity index is 940. The molecular formula is C17H14ClN5O3. The molecule has 0 fully saturated rings. The van der Waals surface area contributed by atoms with Crippen LogP contribution in [0.25, 0.3) is 11.4 Å². The summed E-state index contributed by atoms with van der Waals surface area (Å²) in [5, 5.41) is 15.2. The minimum absolute atomic E-state index is 0.105. The Morgan fingerprint density at radius 2 is 1.96 bits per heavy atom. The second-order valence-electron chi connectivity index (χ2n) is 5.27. The van der Waals surface area contributed by atoms with E-state index in [9.17, 15) is 9.59 Å². The van der Waals surface area contributed by atoms with E-state index in [4.69, 9.17) is 11.6 Å². The van der Waals surface area contributed by atoms with Crippen LogP contribution in [-0.2, 0) is 16.1 Å². The van der Waals surface area contributed by atoms with Crippen molar-refractivity contribution in [1.82, 2.24) is 20.2 Å². The lowest BCUT2D eigenvalue weighted by Crippen LogP contribution is -2.20. The number of esters is 1. The van der Waals surface area contributed by atoms with Gasteiger partial charge in [0.25, 0.3) is 0 Å². The topological polar surface area (TPSA) is 99.0 Å². The maximum Gasteiger partial charge on any atom is 0.337 e. The third-order valence-electron chi connectivity index (χ3n) is 3.41. The number of amides is 1. The second kappa shape index (κ2) is 7.75. The molecule has 0 atom stereocenters. The van der Waals surface area contributed by atoms with Gasteiger partial charge in [-0.1, -0.05) is 23.7 Å². The summed E-state index contributed by atoms with van der Waals surface area (Å²) >= 11 is 5.94. The number of ether oxygens (including phenoxy) is 1. The lowest BCUT2D eigenvalue weighted by atomic mass is 10.2. The molecule has 0 bridgehead atoms. The Balaban J connectivity index is 1.63. The number of nitrogens with zero attached hydrogens (tertiary/aromatic N) is 4. The van der Waals surface area contributed by atoms with Gasteiger partial charge in [0.1, 0.15) is 6.54 Å². The number of hydrogen-bond acceptors (Lipinski definition) is 6. The first-order valence-electron chi connectivity index (χ1n) is 7.57. The van der Waals surface area contributed by atoms with Gasteiger partial charge in [-0.2, -0.15) is 4.80 Å². The summed E-state index contributed by atoms with van der Waals surface area (Å²) in [6, 6.07) is 13.4. The zero-order valence-electron chi connectivity index (χ0n) is 13.7. The van der Waals surface area contributed by atoms with Crippen molar-refractivity contribution >= 4 is 29.2 Å². The van der Waals surface area contributed by atoms with Gasteiger partial charge in [0, 0.05) is 16.3 Å². The Labute approximate surface area is 153 Å². The van der Waals surface area contributed by atoms with Gasteiger partial charge in [-0.05, 0) is 41.6 Å².